The second kappa shape index (κ2) is 11.9. The number of pyridine rings is 3. The van der Waals surface area contributed by atoms with Crippen molar-refractivity contribution >= 4 is 34.5 Å². The van der Waals surface area contributed by atoms with E-state index in [0.717, 1.165) is 11.3 Å². The molecule has 1 saturated heterocycles. The van der Waals surface area contributed by atoms with Crippen LogP contribution in [-0.4, -0.2) is 66.4 Å². The molecule has 12 heteroatoms. The van der Waals surface area contributed by atoms with Crippen molar-refractivity contribution in [3.63, 3.8) is 0 Å². The smallest absolute Gasteiger partial charge is 0.410 e. The van der Waals surface area contributed by atoms with Crippen LogP contribution in [0, 0.1) is 13.8 Å². The molecule has 5 heterocycles. The van der Waals surface area contributed by atoms with Crippen LogP contribution in [0.2, 0.25) is 5.02 Å². The molecule has 4 aromatic heterocycles. The molecule has 0 aromatic carbocycles. The minimum Gasteiger partial charge on any atom is -0.444 e. The fourth-order valence-electron chi connectivity index (χ4n) is 5.79. The Morgan fingerprint density at radius 1 is 1.09 bits per heavy atom. The number of carbonyl (C=O) groups excluding carboxylic acids is 1. The Balaban J connectivity index is 1.74. The standard InChI is InChI=1S/C33H40ClN7O4/c1-18(2)25-27(19(3)10-11-35-25)41-29-23(15-24(34)26(36-29)22-14-20(4)30(42)38(9)17-22)28(37-31(41)43)40-13-12-39(16-21(40)5)32(44)45-33(6,7)8/h10-11,14-15,17-18,21H,12-13,16H2,1-9H3. The van der Waals surface area contributed by atoms with Crippen LogP contribution in [0.3, 0.4) is 0 Å². The number of ether oxygens (including phenoxy) is 1. The van der Waals surface area contributed by atoms with E-state index in [1.54, 1.807) is 43.4 Å². The van der Waals surface area contributed by atoms with Crippen LogP contribution >= 0.6 is 11.6 Å². The second-order valence-electron chi connectivity index (χ2n) is 13.1. The van der Waals surface area contributed by atoms with Crippen molar-refractivity contribution in [2.75, 3.05) is 24.5 Å². The molecule has 5 rings (SSSR count). The van der Waals surface area contributed by atoms with E-state index in [2.05, 4.69) is 9.97 Å². The molecule has 0 aliphatic carbocycles. The molecule has 45 heavy (non-hydrogen) atoms. The van der Waals surface area contributed by atoms with Crippen LogP contribution in [0.25, 0.3) is 28.0 Å². The Hall–Kier alpha value is -4.25. The zero-order valence-corrected chi connectivity index (χ0v) is 28.1. The number of carbonyl (C=O) groups is 1. The van der Waals surface area contributed by atoms with Crippen molar-refractivity contribution in [3.8, 4) is 16.9 Å². The van der Waals surface area contributed by atoms with Gasteiger partial charge in [-0.3, -0.25) is 9.78 Å². The van der Waals surface area contributed by atoms with Gasteiger partial charge >= 0.3 is 11.8 Å². The van der Waals surface area contributed by atoms with Gasteiger partial charge in [-0.05, 0) is 71.2 Å². The Labute approximate surface area is 267 Å². The highest BCUT2D eigenvalue weighted by Gasteiger charge is 2.33. The highest BCUT2D eigenvalue weighted by molar-refractivity contribution is 6.33. The number of anilines is 1. The summed E-state index contributed by atoms with van der Waals surface area (Å²) in [7, 11) is 1.68. The number of fused-ring (bicyclic) bond motifs is 1. The Bertz CT molecular complexity index is 1900. The Kier molecular flexibility index (Phi) is 8.52. The van der Waals surface area contributed by atoms with E-state index in [1.807, 2.05) is 59.4 Å². The average molecular weight is 634 g/mol. The Morgan fingerprint density at radius 3 is 2.42 bits per heavy atom. The lowest BCUT2D eigenvalue weighted by atomic mass is 10.0. The number of hydrogen-bond acceptors (Lipinski definition) is 8. The summed E-state index contributed by atoms with van der Waals surface area (Å²) in [6, 6.07) is 5.21. The SMILES string of the molecule is Cc1ccnc(C(C)C)c1-n1c(=O)nc(N2CCN(C(=O)OC(C)(C)C)CC2C)c2cc(Cl)c(-c3cc(C)c(=O)n(C)c3)nc21. The van der Waals surface area contributed by atoms with Gasteiger partial charge in [-0.15, -0.1) is 0 Å². The predicted octanol–water partition coefficient (Wildman–Crippen LogP) is 5.38. The zero-order valence-electron chi connectivity index (χ0n) is 27.3. The molecule has 1 aliphatic rings. The van der Waals surface area contributed by atoms with E-state index < -0.39 is 11.3 Å². The van der Waals surface area contributed by atoms with Gasteiger partial charge in [0, 0.05) is 56.2 Å². The Morgan fingerprint density at radius 2 is 1.80 bits per heavy atom. The number of piperazine rings is 1. The molecule has 0 radical (unpaired) electrons. The van der Waals surface area contributed by atoms with Crippen molar-refractivity contribution in [3.05, 3.63) is 73.3 Å². The third-order valence-electron chi connectivity index (χ3n) is 7.91. The molecular formula is C33H40ClN7O4. The summed E-state index contributed by atoms with van der Waals surface area (Å²) in [6.45, 7) is 16.4. The summed E-state index contributed by atoms with van der Waals surface area (Å²) in [5.41, 5.74) is 2.98. The van der Waals surface area contributed by atoms with E-state index in [1.165, 1.54) is 9.13 Å². The monoisotopic (exact) mass is 633 g/mol. The predicted molar refractivity (Wildman–Crippen MR) is 177 cm³/mol. The first-order chi connectivity index (χ1) is 21.1. The summed E-state index contributed by atoms with van der Waals surface area (Å²) < 4.78 is 8.61. The normalized spacial score (nSPS) is 15.7. The van der Waals surface area contributed by atoms with Gasteiger partial charge in [-0.1, -0.05) is 25.4 Å². The van der Waals surface area contributed by atoms with E-state index in [4.69, 9.17) is 21.3 Å². The third kappa shape index (κ3) is 6.18. The lowest BCUT2D eigenvalue weighted by Gasteiger charge is -2.41. The number of rotatable bonds is 4. The molecule has 1 unspecified atom stereocenters. The lowest BCUT2D eigenvalue weighted by molar-refractivity contribution is 0.0218. The second-order valence-corrected chi connectivity index (χ2v) is 13.5. The van der Waals surface area contributed by atoms with Gasteiger partial charge in [0.1, 0.15) is 11.4 Å². The lowest BCUT2D eigenvalue weighted by Crippen LogP contribution is -2.55. The number of aromatic nitrogens is 5. The van der Waals surface area contributed by atoms with E-state index in [9.17, 15) is 14.4 Å². The number of amides is 1. The molecule has 11 nitrogen and oxygen atoms in total. The van der Waals surface area contributed by atoms with Gasteiger partial charge in [0.15, 0.2) is 5.65 Å². The summed E-state index contributed by atoms with van der Waals surface area (Å²) in [5, 5.41) is 0.932. The highest BCUT2D eigenvalue weighted by atomic mass is 35.5. The van der Waals surface area contributed by atoms with Crippen LogP contribution in [0.4, 0.5) is 10.6 Å². The maximum Gasteiger partial charge on any atom is 0.410 e. The minimum atomic E-state index is -0.608. The average Bonchev–Trinajstić information content (AvgIpc) is 2.94. The molecule has 4 aromatic rings. The first-order valence-corrected chi connectivity index (χ1v) is 15.5. The molecule has 0 spiro atoms. The van der Waals surface area contributed by atoms with Crippen LogP contribution in [0.5, 0.6) is 0 Å². The van der Waals surface area contributed by atoms with Crippen molar-refractivity contribution < 1.29 is 9.53 Å². The van der Waals surface area contributed by atoms with Gasteiger partial charge in [0.05, 0.1) is 27.5 Å². The van der Waals surface area contributed by atoms with Crippen molar-refractivity contribution in [1.29, 1.82) is 0 Å². The van der Waals surface area contributed by atoms with Gasteiger partial charge in [0.2, 0.25) is 0 Å². The quantitative estimate of drug-likeness (QED) is 0.294. The zero-order chi connectivity index (χ0) is 33.0. The number of nitrogens with zero attached hydrogens (tertiary/aromatic N) is 7. The summed E-state index contributed by atoms with van der Waals surface area (Å²) >= 11 is 6.94. The fourth-order valence-corrected chi connectivity index (χ4v) is 6.05. The van der Waals surface area contributed by atoms with E-state index in [0.29, 0.717) is 64.0 Å². The van der Waals surface area contributed by atoms with E-state index >= 15 is 0 Å². The molecule has 0 bridgehead atoms. The first kappa shape index (κ1) is 32.2. The topological polar surface area (TPSA) is 115 Å². The maximum absolute atomic E-state index is 14.1. The largest absolute Gasteiger partial charge is 0.444 e. The first-order valence-electron chi connectivity index (χ1n) is 15.1. The molecule has 0 saturated carbocycles. The molecule has 1 aliphatic heterocycles. The van der Waals surface area contributed by atoms with Gasteiger partial charge in [-0.25, -0.2) is 19.1 Å². The van der Waals surface area contributed by atoms with Crippen molar-refractivity contribution in [2.45, 2.75) is 73.0 Å². The van der Waals surface area contributed by atoms with Crippen LogP contribution in [0.1, 0.15) is 64.3 Å². The van der Waals surface area contributed by atoms with Crippen molar-refractivity contribution in [2.24, 2.45) is 7.05 Å². The van der Waals surface area contributed by atoms with Crippen LogP contribution < -0.4 is 16.1 Å². The highest BCUT2D eigenvalue weighted by Crippen LogP contribution is 2.35. The summed E-state index contributed by atoms with van der Waals surface area (Å²) in [5.74, 6) is 0.452. The molecule has 1 amide bonds. The number of hydrogen-bond donors (Lipinski definition) is 0. The molecule has 1 fully saturated rings. The number of halogens is 1. The van der Waals surface area contributed by atoms with Gasteiger partial charge in [0.25, 0.3) is 5.56 Å². The van der Waals surface area contributed by atoms with Gasteiger partial charge < -0.3 is 19.1 Å². The van der Waals surface area contributed by atoms with E-state index in [-0.39, 0.29) is 23.6 Å². The molecule has 0 N–H and O–H groups in total. The third-order valence-corrected chi connectivity index (χ3v) is 8.20. The number of aryl methyl sites for hydroxylation is 3. The minimum absolute atomic E-state index is 0.0144. The maximum atomic E-state index is 14.1. The van der Waals surface area contributed by atoms with Crippen LogP contribution in [0.15, 0.2) is 40.2 Å². The molecule has 238 valence electrons. The molecular weight excluding hydrogens is 594 g/mol. The van der Waals surface area contributed by atoms with Crippen molar-refractivity contribution in [1.82, 2.24) is 29.0 Å². The van der Waals surface area contributed by atoms with Crippen LogP contribution in [-0.2, 0) is 11.8 Å². The summed E-state index contributed by atoms with van der Waals surface area (Å²) in [4.78, 5) is 57.4. The molecule has 1 atom stereocenters. The fraction of sp³-hybridized carbons (Fsp3) is 0.455. The van der Waals surface area contributed by atoms with Gasteiger partial charge in [-0.2, -0.15) is 4.98 Å². The summed E-state index contributed by atoms with van der Waals surface area (Å²) in [6.07, 6.45) is 3.04.